The molecule has 0 bridgehead atoms. The van der Waals surface area contributed by atoms with Gasteiger partial charge in [0.25, 0.3) is 5.91 Å². The van der Waals surface area contributed by atoms with Crippen LogP contribution in [0, 0.1) is 0 Å². The second-order valence-corrected chi connectivity index (χ2v) is 11.0. The van der Waals surface area contributed by atoms with Crippen LogP contribution in [0.2, 0.25) is 0 Å². The molecule has 44 heavy (non-hydrogen) atoms. The fourth-order valence-electron chi connectivity index (χ4n) is 5.41. The average molecular weight is 617 g/mol. The molecule has 2 saturated heterocycles. The highest BCUT2D eigenvalue weighted by atomic mass is 35.5. The number of amides is 1. The van der Waals surface area contributed by atoms with Crippen molar-refractivity contribution in [3.05, 3.63) is 60.8 Å². The largest absolute Gasteiger partial charge is 0.373 e. The molecule has 6 heterocycles. The molecule has 1 unspecified atom stereocenters. The highest BCUT2D eigenvalue weighted by Gasteiger charge is 2.25. The summed E-state index contributed by atoms with van der Waals surface area (Å²) in [7, 11) is 3.94. The normalized spacial score (nSPS) is 17.5. The standard InChI is InChI=1S/C29H32N12O2.ClH/c1-37-7-9-39(10-8-37)28(42)21-5-3-20(4-6-21)22-13-31-29(32-14-22)40-11-12-43-24(18-40)19-41-27-26(35-36-41)30-16-25(34-27)23-15-33-38(2)17-23;/h3-6,13-17,24H,7-12,18-19H2,1-2H3;1H. The van der Waals surface area contributed by atoms with E-state index in [2.05, 4.69) is 47.2 Å². The number of fused-ring (bicyclic) bond motifs is 1. The van der Waals surface area contributed by atoms with Crippen LogP contribution >= 0.6 is 12.4 Å². The zero-order valence-corrected chi connectivity index (χ0v) is 25.3. The minimum absolute atomic E-state index is 0. The second-order valence-electron chi connectivity index (χ2n) is 11.0. The molecule has 1 amide bonds. The number of nitrogens with zero attached hydrogens (tertiary/aromatic N) is 12. The van der Waals surface area contributed by atoms with Gasteiger partial charge in [-0.1, -0.05) is 17.3 Å². The molecule has 7 rings (SSSR count). The number of carbonyl (C=O) groups excluding carboxylic acids is 1. The van der Waals surface area contributed by atoms with Crippen molar-refractivity contribution < 1.29 is 9.53 Å². The molecule has 1 atom stereocenters. The molecule has 2 aliphatic heterocycles. The van der Waals surface area contributed by atoms with Gasteiger partial charge >= 0.3 is 0 Å². The number of aromatic nitrogens is 9. The Morgan fingerprint density at radius 2 is 1.68 bits per heavy atom. The molecule has 0 saturated carbocycles. The van der Waals surface area contributed by atoms with E-state index in [4.69, 9.17) is 9.72 Å². The van der Waals surface area contributed by atoms with Crippen LogP contribution in [0.5, 0.6) is 0 Å². The number of piperazine rings is 1. The Bertz CT molecular complexity index is 1730. The summed E-state index contributed by atoms with van der Waals surface area (Å²) in [5.74, 6) is 0.717. The first-order valence-corrected chi connectivity index (χ1v) is 14.3. The Labute approximate surface area is 260 Å². The van der Waals surface area contributed by atoms with E-state index < -0.39 is 0 Å². The highest BCUT2D eigenvalue weighted by Crippen LogP contribution is 2.22. The first-order chi connectivity index (χ1) is 21.0. The summed E-state index contributed by atoms with van der Waals surface area (Å²) in [6.07, 6.45) is 8.82. The van der Waals surface area contributed by atoms with E-state index in [1.807, 2.05) is 54.8 Å². The van der Waals surface area contributed by atoms with Crippen molar-refractivity contribution in [1.82, 2.24) is 54.5 Å². The molecule has 4 aromatic heterocycles. The summed E-state index contributed by atoms with van der Waals surface area (Å²) in [6, 6.07) is 7.68. The summed E-state index contributed by atoms with van der Waals surface area (Å²) in [5.41, 5.74) is 5.22. The van der Waals surface area contributed by atoms with Crippen molar-refractivity contribution in [3.63, 3.8) is 0 Å². The third-order valence-corrected chi connectivity index (χ3v) is 7.92. The number of likely N-dealkylation sites (N-methyl/N-ethyl adjacent to an activating group) is 1. The zero-order valence-electron chi connectivity index (χ0n) is 24.5. The van der Waals surface area contributed by atoms with Crippen molar-refractivity contribution in [3.8, 4) is 22.4 Å². The average Bonchev–Trinajstić information content (AvgIpc) is 3.67. The minimum Gasteiger partial charge on any atom is -0.373 e. The predicted octanol–water partition coefficient (Wildman–Crippen LogP) is 1.79. The molecule has 5 aromatic rings. The molecule has 0 spiro atoms. The summed E-state index contributed by atoms with van der Waals surface area (Å²) in [4.78, 5) is 37.6. The third-order valence-electron chi connectivity index (χ3n) is 7.92. The number of benzene rings is 1. The SMILES string of the molecule is CN1CCN(C(=O)c2ccc(-c3cnc(N4CCOC(Cn5nnc6ncc(-c7cnn(C)c7)nc65)C4)nc3)cc2)CC1.Cl. The summed E-state index contributed by atoms with van der Waals surface area (Å²) in [6.45, 7) is 5.60. The number of ether oxygens (including phenoxy) is 1. The van der Waals surface area contributed by atoms with E-state index in [1.165, 1.54) is 0 Å². The third kappa shape index (κ3) is 6.09. The molecule has 0 radical (unpaired) electrons. The molecule has 0 N–H and O–H groups in total. The van der Waals surface area contributed by atoms with Gasteiger partial charge in [-0.3, -0.25) is 9.48 Å². The van der Waals surface area contributed by atoms with Crippen LogP contribution in [0.4, 0.5) is 5.95 Å². The predicted molar refractivity (Wildman–Crippen MR) is 165 cm³/mol. The Kier molecular flexibility index (Phi) is 8.46. The van der Waals surface area contributed by atoms with E-state index in [1.54, 1.807) is 21.8 Å². The minimum atomic E-state index is -0.156. The molecule has 1 aromatic carbocycles. The summed E-state index contributed by atoms with van der Waals surface area (Å²) < 4.78 is 9.52. The lowest BCUT2D eigenvalue weighted by molar-refractivity contribution is 0.0273. The maximum Gasteiger partial charge on any atom is 0.253 e. The lowest BCUT2D eigenvalue weighted by Gasteiger charge is -2.32. The number of morpholine rings is 1. The van der Waals surface area contributed by atoms with E-state index in [9.17, 15) is 4.79 Å². The van der Waals surface area contributed by atoms with E-state index in [-0.39, 0.29) is 24.4 Å². The van der Waals surface area contributed by atoms with Crippen molar-refractivity contribution in [1.29, 1.82) is 0 Å². The first-order valence-electron chi connectivity index (χ1n) is 14.3. The van der Waals surface area contributed by atoms with E-state index >= 15 is 0 Å². The van der Waals surface area contributed by atoms with Crippen LogP contribution in [0.1, 0.15) is 10.4 Å². The maximum absolute atomic E-state index is 12.9. The molecule has 2 aliphatic rings. The van der Waals surface area contributed by atoms with Crippen LogP contribution in [0.25, 0.3) is 33.7 Å². The van der Waals surface area contributed by atoms with Gasteiger partial charge in [0.1, 0.15) is 0 Å². The van der Waals surface area contributed by atoms with Gasteiger partial charge in [-0.2, -0.15) is 5.10 Å². The van der Waals surface area contributed by atoms with Crippen molar-refractivity contribution in [2.75, 3.05) is 57.8 Å². The number of aryl methyl sites for hydroxylation is 1. The fraction of sp³-hybridized carbons (Fsp3) is 0.379. The smallest absolute Gasteiger partial charge is 0.253 e. The van der Waals surface area contributed by atoms with Crippen LogP contribution in [0.15, 0.2) is 55.2 Å². The Balaban J connectivity index is 0.00000343. The number of anilines is 1. The zero-order chi connectivity index (χ0) is 29.3. The molecule has 15 heteroatoms. The van der Waals surface area contributed by atoms with Gasteiger partial charge in [0.15, 0.2) is 5.65 Å². The van der Waals surface area contributed by atoms with Gasteiger partial charge in [-0.05, 0) is 24.7 Å². The molecular formula is C29H33ClN12O2. The number of hydrogen-bond donors (Lipinski definition) is 0. The number of halogens is 1. The molecule has 14 nitrogen and oxygen atoms in total. The van der Waals surface area contributed by atoms with Crippen LogP contribution in [-0.2, 0) is 18.3 Å². The Morgan fingerprint density at radius 1 is 0.909 bits per heavy atom. The lowest BCUT2D eigenvalue weighted by Crippen LogP contribution is -2.47. The summed E-state index contributed by atoms with van der Waals surface area (Å²) in [5, 5.41) is 12.7. The van der Waals surface area contributed by atoms with Gasteiger partial charge < -0.3 is 19.4 Å². The summed E-state index contributed by atoms with van der Waals surface area (Å²) >= 11 is 0. The van der Waals surface area contributed by atoms with E-state index in [0.717, 1.165) is 42.9 Å². The highest BCUT2D eigenvalue weighted by molar-refractivity contribution is 5.94. The van der Waals surface area contributed by atoms with Gasteiger partial charge in [0.2, 0.25) is 11.6 Å². The molecular weight excluding hydrogens is 584 g/mol. The van der Waals surface area contributed by atoms with Gasteiger partial charge in [-0.25, -0.2) is 24.6 Å². The van der Waals surface area contributed by atoms with Gasteiger partial charge in [0.05, 0.1) is 37.3 Å². The Morgan fingerprint density at radius 3 is 2.41 bits per heavy atom. The quantitative estimate of drug-likeness (QED) is 0.276. The fourth-order valence-corrected chi connectivity index (χ4v) is 5.41. The molecule has 2 fully saturated rings. The monoisotopic (exact) mass is 616 g/mol. The topological polar surface area (TPSA) is 136 Å². The first kappa shape index (κ1) is 29.5. The lowest BCUT2D eigenvalue weighted by atomic mass is 10.1. The van der Waals surface area contributed by atoms with Crippen LogP contribution < -0.4 is 4.90 Å². The van der Waals surface area contributed by atoms with Crippen LogP contribution in [-0.4, -0.2) is 119 Å². The number of hydrogen-bond acceptors (Lipinski definition) is 11. The molecule has 228 valence electrons. The van der Waals surface area contributed by atoms with Crippen LogP contribution in [0.3, 0.4) is 0 Å². The number of rotatable bonds is 6. The van der Waals surface area contributed by atoms with Gasteiger partial charge in [0, 0.05) is 81.6 Å². The van der Waals surface area contributed by atoms with Gasteiger partial charge in [-0.15, -0.1) is 17.5 Å². The van der Waals surface area contributed by atoms with Crippen molar-refractivity contribution >= 4 is 35.6 Å². The van der Waals surface area contributed by atoms with Crippen molar-refractivity contribution in [2.45, 2.75) is 12.6 Å². The number of carbonyl (C=O) groups is 1. The van der Waals surface area contributed by atoms with Crippen molar-refractivity contribution in [2.24, 2.45) is 7.05 Å². The Hall–Kier alpha value is -4.53. The molecule has 0 aliphatic carbocycles. The van der Waals surface area contributed by atoms with E-state index in [0.29, 0.717) is 54.7 Å². The maximum atomic E-state index is 12.9. The second kappa shape index (κ2) is 12.6.